The number of fused-ring (bicyclic) bond motifs is 1. The molecule has 37 heavy (non-hydrogen) atoms. The van der Waals surface area contributed by atoms with Crippen LogP contribution in [0, 0.1) is 5.92 Å². The summed E-state index contributed by atoms with van der Waals surface area (Å²) in [7, 11) is 1.19. The van der Waals surface area contributed by atoms with Crippen LogP contribution < -0.4 is 29.0 Å². The number of piperidine rings is 1. The molecule has 0 saturated carbocycles. The molecular weight excluding hydrogens is 494 g/mol. The molecule has 1 aromatic heterocycles. The van der Waals surface area contributed by atoms with Crippen LogP contribution in [0.4, 0.5) is 5.82 Å². The summed E-state index contributed by atoms with van der Waals surface area (Å²) in [5.41, 5.74) is 1.73. The van der Waals surface area contributed by atoms with Crippen molar-refractivity contribution in [3.63, 3.8) is 0 Å². The molecule has 0 radical (unpaired) electrons. The zero-order chi connectivity index (χ0) is 26.4. The molecule has 0 amide bonds. The van der Waals surface area contributed by atoms with Gasteiger partial charge in [-0.3, -0.25) is 0 Å². The highest BCUT2D eigenvalue weighted by Gasteiger charge is 2.23. The quantitative estimate of drug-likeness (QED) is 0.411. The zero-order valence-electron chi connectivity index (χ0n) is 21.3. The number of rotatable bonds is 10. The Morgan fingerprint density at radius 1 is 1.03 bits per heavy atom. The molecule has 1 aliphatic heterocycles. The lowest BCUT2D eigenvalue weighted by Gasteiger charge is -2.33. The first kappa shape index (κ1) is 26.6. The van der Waals surface area contributed by atoms with E-state index in [9.17, 15) is 8.42 Å². The second-order valence-corrected chi connectivity index (χ2v) is 10.3. The molecule has 3 N–H and O–H groups in total. The Balaban J connectivity index is 1.62. The Hall–Kier alpha value is -3.41. The van der Waals surface area contributed by atoms with Crippen LogP contribution in [0.1, 0.15) is 30.7 Å². The fourth-order valence-electron chi connectivity index (χ4n) is 4.53. The average molecular weight is 528 g/mol. The van der Waals surface area contributed by atoms with Crippen molar-refractivity contribution in [3.8, 4) is 17.2 Å². The Morgan fingerprint density at radius 2 is 1.76 bits per heavy atom. The van der Waals surface area contributed by atoms with Crippen molar-refractivity contribution in [1.29, 1.82) is 0 Å². The lowest BCUT2D eigenvalue weighted by Crippen LogP contribution is -2.37. The number of aromatic nitrogens is 2. The summed E-state index contributed by atoms with van der Waals surface area (Å²) in [6, 6.07) is 11.6. The fourth-order valence-corrected chi connectivity index (χ4v) is 4.93. The van der Waals surface area contributed by atoms with E-state index in [-0.39, 0.29) is 0 Å². The average Bonchev–Trinajstić information content (AvgIpc) is 2.90. The predicted octanol–water partition coefficient (Wildman–Crippen LogP) is 3.23. The topological polar surface area (TPSA) is 129 Å². The number of hydrogen-bond donors (Lipinski definition) is 2. The summed E-state index contributed by atoms with van der Waals surface area (Å²) in [4.78, 5) is 12.0. The van der Waals surface area contributed by atoms with E-state index in [1.165, 1.54) is 0 Å². The third kappa shape index (κ3) is 6.88. The highest BCUT2D eigenvalue weighted by molar-refractivity contribution is 7.87. The summed E-state index contributed by atoms with van der Waals surface area (Å²) in [5.74, 6) is 3.81. The molecule has 0 bridgehead atoms. The van der Waals surface area contributed by atoms with Crippen LogP contribution in [0.3, 0.4) is 0 Å². The van der Waals surface area contributed by atoms with Crippen LogP contribution in [-0.2, 0) is 10.2 Å². The maximum Gasteiger partial charge on any atom is 0.274 e. The standard InChI is InChI=1S/C26H33N5O5S/c1-34-20-6-4-5-19(15-20)7-8-25-29-22-17-24(36-3)23(35-2)16-21(22)26(30-25)31-13-10-18(11-14-31)9-12-28-37(27,32)33/h4-8,15-18,28H,9-14H2,1-3H3,(H2,27,32,33)/b8-7+. The molecule has 0 unspecified atom stereocenters. The molecule has 4 rings (SSSR count). The van der Waals surface area contributed by atoms with Crippen LogP contribution in [0.15, 0.2) is 36.4 Å². The minimum Gasteiger partial charge on any atom is -0.497 e. The van der Waals surface area contributed by atoms with Crippen LogP contribution in [0.25, 0.3) is 23.1 Å². The highest BCUT2D eigenvalue weighted by Crippen LogP contribution is 2.36. The van der Waals surface area contributed by atoms with E-state index in [0.29, 0.717) is 29.8 Å². The number of ether oxygens (including phenoxy) is 3. The van der Waals surface area contributed by atoms with Crippen LogP contribution in [-0.4, -0.2) is 59.3 Å². The number of anilines is 1. The first-order chi connectivity index (χ1) is 17.8. The summed E-state index contributed by atoms with van der Waals surface area (Å²) in [5, 5.41) is 5.92. The summed E-state index contributed by atoms with van der Waals surface area (Å²) < 4.78 is 41.1. The van der Waals surface area contributed by atoms with E-state index >= 15 is 0 Å². The van der Waals surface area contributed by atoms with Gasteiger partial charge in [-0.05, 0) is 55.0 Å². The van der Waals surface area contributed by atoms with Gasteiger partial charge in [0, 0.05) is 31.1 Å². The Bertz CT molecular complexity index is 1370. The molecule has 2 heterocycles. The van der Waals surface area contributed by atoms with Gasteiger partial charge in [0.05, 0.1) is 26.8 Å². The van der Waals surface area contributed by atoms with Gasteiger partial charge in [-0.25, -0.2) is 19.8 Å². The van der Waals surface area contributed by atoms with Crippen LogP contribution in [0.2, 0.25) is 0 Å². The molecule has 1 aliphatic rings. The van der Waals surface area contributed by atoms with E-state index in [0.717, 1.165) is 60.4 Å². The maximum absolute atomic E-state index is 11.2. The van der Waals surface area contributed by atoms with Gasteiger partial charge in [0.2, 0.25) is 0 Å². The maximum atomic E-state index is 11.2. The van der Waals surface area contributed by atoms with Gasteiger partial charge < -0.3 is 19.1 Å². The predicted molar refractivity (Wildman–Crippen MR) is 145 cm³/mol. The molecule has 10 nitrogen and oxygen atoms in total. The van der Waals surface area contributed by atoms with Gasteiger partial charge in [-0.1, -0.05) is 18.2 Å². The molecule has 11 heteroatoms. The number of nitrogens with one attached hydrogen (secondary N) is 1. The Labute approximate surface area is 217 Å². The van der Waals surface area contributed by atoms with Crippen LogP contribution in [0.5, 0.6) is 17.2 Å². The van der Waals surface area contributed by atoms with Gasteiger partial charge >= 0.3 is 0 Å². The summed E-state index contributed by atoms with van der Waals surface area (Å²) in [6.07, 6.45) is 6.42. The van der Waals surface area contributed by atoms with Gasteiger partial charge in [-0.2, -0.15) is 8.42 Å². The lowest BCUT2D eigenvalue weighted by molar-refractivity contribution is 0.355. The van der Waals surface area contributed by atoms with Gasteiger partial charge in [0.25, 0.3) is 10.2 Å². The molecule has 3 aromatic rings. The lowest BCUT2D eigenvalue weighted by atomic mass is 9.93. The van der Waals surface area contributed by atoms with Crippen molar-refractivity contribution in [2.24, 2.45) is 11.1 Å². The van der Waals surface area contributed by atoms with E-state index in [1.807, 2.05) is 48.6 Å². The first-order valence-corrected chi connectivity index (χ1v) is 13.6. The smallest absolute Gasteiger partial charge is 0.274 e. The van der Waals surface area contributed by atoms with E-state index in [4.69, 9.17) is 29.3 Å². The highest BCUT2D eigenvalue weighted by atomic mass is 32.2. The van der Waals surface area contributed by atoms with Crippen LogP contribution >= 0.6 is 0 Å². The SMILES string of the molecule is COc1cccc(/C=C/c2nc(N3CCC(CCNS(N)(=O)=O)CC3)c3cc(OC)c(OC)cc3n2)c1. The summed E-state index contributed by atoms with van der Waals surface area (Å²) >= 11 is 0. The third-order valence-corrected chi connectivity index (χ3v) is 7.09. The molecule has 0 spiro atoms. The minimum absolute atomic E-state index is 0.343. The van der Waals surface area contributed by atoms with Gasteiger partial charge in [0.15, 0.2) is 17.3 Å². The fraction of sp³-hybridized carbons (Fsp3) is 0.385. The van der Waals surface area contributed by atoms with Gasteiger partial charge in [0.1, 0.15) is 11.6 Å². The zero-order valence-corrected chi connectivity index (χ0v) is 22.1. The Morgan fingerprint density at radius 3 is 2.43 bits per heavy atom. The number of benzene rings is 2. The van der Waals surface area contributed by atoms with Crippen molar-refractivity contribution in [2.75, 3.05) is 45.9 Å². The normalized spacial score (nSPS) is 14.9. The van der Waals surface area contributed by atoms with E-state index in [2.05, 4.69) is 9.62 Å². The van der Waals surface area contributed by atoms with Gasteiger partial charge in [-0.15, -0.1) is 0 Å². The second kappa shape index (κ2) is 11.8. The first-order valence-electron chi connectivity index (χ1n) is 12.1. The Kier molecular flexibility index (Phi) is 8.47. The van der Waals surface area contributed by atoms with Crippen molar-refractivity contribution >= 4 is 39.1 Å². The van der Waals surface area contributed by atoms with Crippen molar-refractivity contribution < 1.29 is 22.6 Å². The second-order valence-electron chi connectivity index (χ2n) is 8.90. The number of methoxy groups -OCH3 is 3. The van der Waals surface area contributed by atoms with E-state index in [1.54, 1.807) is 21.3 Å². The minimum atomic E-state index is -3.66. The molecule has 1 fully saturated rings. The third-order valence-electron chi connectivity index (χ3n) is 6.49. The number of nitrogens with zero attached hydrogens (tertiary/aromatic N) is 3. The van der Waals surface area contributed by atoms with E-state index < -0.39 is 10.2 Å². The van der Waals surface area contributed by atoms with Crippen molar-refractivity contribution in [3.05, 3.63) is 47.8 Å². The molecule has 1 saturated heterocycles. The molecular formula is C26H33N5O5S. The summed E-state index contributed by atoms with van der Waals surface area (Å²) in [6.45, 7) is 1.93. The molecule has 0 aliphatic carbocycles. The largest absolute Gasteiger partial charge is 0.497 e. The van der Waals surface area contributed by atoms with Crippen molar-refractivity contribution in [2.45, 2.75) is 19.3 Å². The molecule has 2 aromatic carbocycles. The van der Waals surface area contributed by atoms with Crippen molar-refractivity contribution in [1.82, 2.24) is 14.7 Å². The number of nitrogens with two attached hydrogens (primary N) is 1. The monoisotopic (exact) mass is 527 g/mol. The molecule has 198 valence electrons. The molecule has 0 atom stereocenters. The number of hydrogen-bond acceptors (Lipinski definition) is 8.